The van der Waals surface area contributed by atoms with Crippen molar-refractivity contribution in [1.29, 1.82) is 0 Å². The Morgan fingerprint density at radius 1 is 1.24 bits per heavy atom. The average molecular weight is 240 g/mol. The first-order valence-corrected chi connectivity index (χ1v) is 5.95. The van der Waals surface area contributed by atoms with E-state index in [1.807, 2.05) is 13.1 Å². The lowest BCUT2D eigenvalue weighted by Gasteiger charge is -2.06. The fourth-order valence-corrected chi connectivity index (χ4v) is 1.61. The highest BCUT2D eigenvalue weighted by Gasteiger charge is 2.02. The molecule has 0 amide bonds. The van der Waals surface area contributed by atoms with Gasteiger partial charge < -0.3 is 15.4 Å². The fraction of sp³-hybridized carbons (Fsp3) is 0.538. The summed E-state index contributed by atoms with van der Waals surface area (Å²) in [6, 6.07) is 5.11. The summed E-state index contributed by atoms with van der Waals surface area (Å²) in [6.45, 7) is 2.87. The van der Waals surface area contributed by atoms with Gasteiger partial charge in [0.05, 0.1) is 7.11 Å². The summed E-state index contributed by atoms with van der Waals surface area (Å²) in [5.41, 5.74) is 0.990. The van der Waals surface area contributed by atoms with Gasteiger partial charge in [-0.25, -0.2) is 4.39 Å². The van der Waals surface area contributed by atoms with E-state index in [1.165, 1.54) is 13.2 Å². The number of methoxy groups -OCH3 is 1. The predicted molar refractivity (Wildman–Crippen MR) is 68.1 cm³/mol. The van der Waals surface area contributed by atoms with Crippen LogP contribution in [0.25, 0.3) is 0 Å². The van der Waals surface area contributed by atoms with Gasteiger partial charge in [0.2, 0.25) is 0 Å². The maximum atomic E-state index is 13.4. The van der Waals surface area contributed by atoms with Crippen LogP contribution in [0.3, 0.4) is 0 Å². The Balaban J connectivity index is 2.25. The third-order valence-electron chi connectivity index (χ3n) is 2.59. The van der Waals surface area contributed by atoms with Crippen LogP contribution in [-0.4, -0.2) is 33.8 Å². The number of benzene rings is 1. The van der Waals surface area contributed by atoms with Gasteiger partial charge in [0.1, 0.15) is 0 Å². The van der Waals surface area contributed by atoms with Gasteiger partial charge in [-0.3, -0.25) is 0 Å². The lowest BCUT2D eigenvalue weighted by molar-refractivity contribution is 0.386. The second-order valence-electron chi connectivity index (χ2n) is 3.93. The minimum Gasteiger partial charge on any atom is -0.494 e. The van der Waals surface area contributed by atoms with Crippen molar-refractivity contribution in [2.24, 2.45) is 0 Å². The molecule has 0 aromatic heterocycles. The van der Waals surface area contributed by atoms with E-state index in [9.17, 15) is 4.39 Å². The summed E-state index contributed by atoms with van der Waals surface area (Å²) in [5, 5.41) is 6.42. The number of hydrogen-bond donors (Lipinski definition) is 2. The lowest BCUT2D eigenvalue weighted by Crippen LogP contribution is -2.21. The van der Waals surface area contributed by atoms with Crippen molar-refractivity contribution in [3.05, 3.63) is 29.6 Å². The molecule has 2 N–H and O–H groups in total. The van der Waals surface area contributed by atoms with Crippen molar-refractivity contribution in [3.8, 4) is 5.75 Å². The van der Waals surface area contributed by atoms with Crippen molar-refractivity contribution in [2.75, 3.05) is 33.8 Å². The molecular formula is C13H21FN2O. The molecule has 17 heavy (non-hydrogen) atoms. The predicted octanol–water partition coefficient (Wildman–Crippen LogP) is 1.58. The zero-order chi connectivity index (χ0) is 12.5. The Labute approximate surface area is 102 Å². The normalized spacial score (nSPS) is 10.5. The molecule has 0 saturated heterocycles. The Hall–Kier alpha value is -1.13. The van der Waals surface area contributed by atoms with Crippen molar-refractivity contribution in [3.63, 3.8) is 0 Å². The van der Waals surface area contributed by atoms with Crippen molar-refractivity contribution in [1.82, 2.24) is 10.6 Å². The molecule has 4 heteroatoms. The van der Waals surface area contributed by atoms with Crippen LogP contribution < -0.4 is 15.4 Å². The Kier molecular flexibility index (Phi) is 6.58. The molecule has 0 atom stereocenters. The minimum absolute atomic E-state index is 0.291. The van der Waals surface area contributed by atoms with Gasteiger partial charge >= 0.3 is 0 Å². The van der Waals surface area contributed by atoms with Crippen LogP contribution in [0.5, 0.6) is 5.75 Å². The summed E-state index contributed by atoms with van der Waals surface area (Å²) in [5.74, 6) is 0.0101. The van der Waals surface area contributed by atoms with E-state index in [4.69, 9.17) is 4.74 Å². The number of nitrogens with one attached hydrogen (secondary N) is 2. The topological polar surface area (TPSA) is 33.3 Å². The summed E-state index contributed by atoms with van der Waals surface area (Å²) in [7, 11) is 3.42. The number of hydrogen-bond acceptors (Lipinski definition) is 3. The highest BCUT2D eigenvalue weighted by molar-refractivity contribution is 5.29. The molecule has 1 rings (SSSR count). The first kappa shape index (κ1) is 13.9. The molecule has 1 aromatic carbocycles. The summed E-state index contributed by atoms with van der Waals surface area (Å²) >= 11 is 0. The molecule has 1 aromatic rings. The molecule has 0 bridgehead atoms. The van der Waals surface area contributed by atoms with Gasteiger partial charge in [-0.15, -0.1) is 0 Å². The second-order valence-corrected chi connectivity index (χ2v) is 3.93. The summed E-state index contributed by atoms with van der Waals surface area (Å²) < 4.78 is 18.2. The Morgan fingerprint density at radius 3 is 2.71 bits per heavy atom. The smallest absolute Gasteiger partial charge is 0.165 e. The average Bonchev–Trinajstić information content (AvgIpc) is 2.34. The van der Waals surface area contributed by atoms with Crippen LogP contribution in [0.15, 0.2) is 18.2 Å². The standard InChI is InChI=1S/C13H21FN2O/c1-15-7-3-8-16-9-6-11-4-5-13(17-2)12(14)10-11/h4-5,10,15-16H,3,6-9H2,1-2H3. The molecule has 0 aliphatic rings. The molecule has 0 unspecified atom stereocenters. The fourth-order valence-electron chi connectivity index (χ4n) is 1.61. The zero-order valence-corrected chi connectivity index (χ0v) is 10.6. The minimum atomic E-state index is -0.291. The quantitative estimate of drug-likeness (QED) is 0.677. The molecule has 0 aliphatic carbocycles. The van der Waals surface area contributed by atoms with E-state index in [-0.39, 0.29) is 5.82 Å². The molecule has 0 saturated carbocycles. The van der Waals surface area contributed by atoms with Crippen molar-refractivity contribution < 1.29 is 9.13 Å². The van der Waals surface area contributed by atoms with Gasteiger partial charge in [0.25, 0.3) is 0 Å². The molecule has 0 spiro atoms. The van der Waals surface area contributed by atoms with Crippen LogP contribution >= 0.6 is 0 Å². The van der Waals surface area contributed by atoms with E-state index in [0.717, 1.165) is 38.0 Å². The Morgan fingerprint density at radius 2 is 2.06 bits per heavy atom. The van der Waals surface area contributed by atoms with Crippen LogP contribution in [0, 0.1) is 5.82 Å². The first-order chi connectivity index (χ1) is 8.27. The highest BCUT2D eigenvalue weighted by Crippen LogP contribution is 2.17. The summed E-state index contributed by atoms with van der Waals surface area (Å²) in [4.78, 5) is 0. The SMILES string of the molecule is CNCCCNCCc1ccc(OC)c(F)c1. The molecule has 0 aliphatic heterocycles. The highest BCUT2D eigenvalue weighted by atomic mass is 19.1. The van der Waals surface area contributed by atoms with E-state index >= 15 is 0 Å². The molecule has 96 valence electrons. The van der Waals surface area contributed by atoms with Crippen LogP contribution in [0.1, 0.15) is 12.0 Å². The summed E-state index contributed by atoms with van der Waals surface area (Å²) in [6.07, 6.45) is 1.94. The lowest BCUT2D eigenvalue weighted by atomic mass is 10.1. The van der Waals surface area contributed by atoms with E-state index in [2.05, 4.69) is 10.6 Å². The van der Waals surface area contributed by atoms with E-state index in [1.54, 1.807) is 6.07 Å². The van der Waals surface area contributed by atoms with Gasteiger partial charge in [0.15, 0.2) is 11.6 Å². The molecule has 3 nitrogen and oxygen atoms in total. The van der Waals surface area contributed by atoms with Gasteiger partial charge in [-0.05, 0) is 57.2 Å². The molecule has 0 fully saturated rings. The second kappa shape index (κ2) is 8.03. The number of ether oxygens (including phenoxy) is 1. The Bertz CT molecular complexity index is 331. The van der Waals surface area contributed by atoms with Crippen LogP contribution in [0.4, 0.5) is 4.39 Å². The zero-order valence-electron chi connectivity index (χ0n) is 10.6. The molecule has 0 radical (unpaired) electrons. The number of rotatable bonds is 8. The number of halogens is 1. The van der Waals surface area contributed by atoms with Gasteiger partial charge in [-0.2, -0.15) is 0 Å². The van der Waals surface area contributed by atoms with Crippen molar-refractivity contribution in [2.45, 2.75) is 12.8 Å². The monoisotopic (exact) mass is 240 g/mol. The maximum absolute atomic E-state index is 13.4. The van der Waals surface area contributed by atoms with Gasteiger partial charge in [-0.1, -0.05) is 6.07 Å². The third-order valence-corrected chi connectivity index (χ3v) is 2.59. The van der Waals surface area contributed by atoms with Crippen LogP contribution in [-0.2, 0) is 6.42 Å². The molecule has 0 heterocycles. The largest absolute Gasteiger partial charge is 0.494 e. The van der Waals surface area contributed by atoms with Crippen molar-refractivity contribution >= 4 is 0 Å². The first-order valence-electron chi connectivity index (χ1n) is 5.95. The van der Waals surface area contributed by atoms with E-state index in [0.29, 0.717) is 5.75 Å². The maximum Gasteiger partial charge on any atom is 0.165 e. The van der Waals surface area contributed by atoms with E-state index < -0.39 is 0 Å². The third kappa shape index (κ3) is 5.15. The van der Waals surface area contributed by atoms with Crippen LogP contribution in [0.2, 0.25) is 0 Å². The van der Waals surface area contributed by atoms with Gasteiger partial charge in [0, 0.05) is 0 Å². The molecular weight excluding hydrogens is 219 g/mol.